The summed E-state index contributed by atoms with van der Waals surface area (Å²) in [5, 5.41) is 4.20. The zero-order chi connectivity index (χ0) is 28.4. The molecule has 0 aliphatic carbocycles. The summed E-state index contributed by atoms with van der Waals surface area (Å²) < 4.78 is 12.0. The van der Waals surface area contributed by atoms with Gasteiger partial charge in [-0.2, -0.15) is 0 Å². The zero-order valence-electron chi connectivity index (χ0n) is 23.3. The Morgan fingerprint density at radius 3 is 2.71 bits per heavy atom. The molecule has 0 atom stereocenters. The fourth-order valence-corrected chi connectivity index (χ4v) is 4.91. The van der Waals surface area contributed by atoms with Crippen molar-refractivity contribution < 1.29 is 14.3 Å². The van der Waals surface area contributed by atoms with Gasteiger partial charge in [0.25, 0.3) is 0 Å². The third-order valence-corrected chi connectivity index (χ3v) is 6.86. The minimum Gasteiger partial charge on any atom is -0.457 e. The van der Waals surface area contributed by atoms with Gasteiger partial charge in [-0.15, -0.1) is 0 Å². The Labute approximate surface area is 238 Å². The van der Waals surface area contributed by atoms with E-state index < -0.39 is 5.60 Å². The number of amides is 1. The number of hydrogen-bond donors (Lipinski definition) is 2. The van der Waals surface area contributed by atoms with E-state index in [2.05, 4.69) is 43.5 Å². The van der Waals surface area contributed by atoms with Crippen molar-refractivity contribution in [1.82, 2.24) is 24.8 Å². The van der Waals surface area contributed by atoms with Crippen LogP contribution in [-0.4, -0.2) is 43.1 Å². The van der Waals surface area contributed by atoms with Crippen molar-refractivity contribution in [2.45, 2.75) is 45.9 Å². The van der Waals surface area contributed by atoms with Crippen LogP contribution in [-0.2, 0) is 24.2 Å². The van der Waals surface area contributed by atoms with Gasteiger partial charge in [0.15, 0.2) is 0 Å². The van der Waals surface area contributed by atoms with Crippen LogP contribution in [0.2, 0.25) is 0 Å². The van der Waals surface area contributed by atoms with Gasteiger partial charge in [-0.3, -0.25) is 0 Å². The van der Waals surface area contributed by atoms with Crippen LogP contribution in [0.1, 0.15) is 37.5 Å². The molecule has 208 valence electrons. The Kier molecular flexibility index (Phi) is 7.01. The predicted molar refractivity (Wildman–Crippen MR) is 158 cm³/mol. The van der Waals surface area contributed by atoms with Gasteiger partial charge in [0, 0.05) is 43.7 Å². The number of nitrogens with one attached hydrogen (secondary N) is 2. The van der Waals surface area contributed by atoms with E-state index in [1.54, 1.807) is 17.4 Å². The second kappa shape index (κ2) is 10.9. The molecule has 4 heterocycles. The Morgan fingerprint density at radius 1 is 1.02 bits per heavy atom. The van der Waals surface area contributed by atoms with E-state index in [9.17, 15) is 4.79 Å². The van der Waals surface area contributed by atoms with Crippen LogP contribution in [0, 0.1) is 0 Å². The molecule has 0 spiro atoms. The summed E-state index contributed by atoms with van der Waals surface area (Å²) in [5.41, 5.74) is 5.19. The molecule has 6 rings (SSSR count). The highest BCUT2D eigenvalue weighted by atomic mass is 16.6. The minimum absolute atomic E-state index is 0.301. The Bertz CT molecular complexity index is 1690. The molecule has 0 unspecified atom stereocenters. The molecule has 1 aliphatic rings. The highest BCUT2D eigenvalue weighted by Gasteiger charge is 2.26. The van der Waals surface area contributed by atoms with Crippen LogP contribution in [0.4, 0.5) is 10.6 Å². The summed E-state index contributed by atoms with van der Waals surface area (Å²) in [4.78, 5) is 31.1. The Morgan fingerprint density at radius 2 is 1.88 bits per heavy atom. The molecule has 3 aromatic heterocycles. The number of carbonyl (C=O) groups is 1. The van der Waals surface area contributed by atoms with E-state index in [1.807, 2.05) is 69.4 Å². The molecule has 2 aromatic carbocycles. The molecule has 2 N–H and O–H groups in total. The molecule has 0 saturated carbocycles. The van der Waals surface area contributed by atoms with Gasteiger partial charge in [-0.05, 0) is 62.1 Å². The number of hydrogen-bond acceptors (Lipinski definition) is 7. The fraction of sp³-hybridized carbons (Fsp3) is 0.250. The number of carbonyl (C=O) groups excluding carboxylic acids is 1. The van der Waals surface area contributed by atoms with E-state index in [4.69, 9.17) is 9.47 Å². The van der Waals surface area contributed by atoms with Gasteiger partial charge >= 0.3 is 6.09 Å². The molecule has 5 aromatic rings. The molecule has 0 fully saturated rings. The van der Waals surface area contributed by atoms with Crippen LogP contribution < -0.4 is 10.1 Å². The largest absolute Gasteiger partial charge is 0.457 e. The van der Waals surface area contributed by atoms with Crippen molar-refractivity contribution in [3.63, 3.8) is 0 Å². The number of anilines is 1. The molecule has 0 radical (unpaired) electrons. The maximum absolute atomic E-state index is 12.7. The van der Waals surface area contributed by atoms with Gasteiger partial charge in [0.1, 0.15) is 34.9 Å². The first-order valence-electron chi connectivity index (χ1n) is 13.7. The van der Waals surface area contributed by atoms with Crippen LogP contribution in [0.15, 0.2) is 79.4 Å². The number of aromatic amines is 1. The van der Waals surface area contributed by atoms with Gasteiger partial charge < -0.3 is 24.7 Å². The van der Waals surface area contributed by atoms with E-state index >= 15 is 0 Å². The van der Waals surface area contributed by atoms with E-state index in [-0.39, 0.29) is 6.09 Å². The van der Waals surface area contributed by atoms with Crippen LogP contribution in [0.3, 0.4) is 0 Å². The number of rotatable bonds is 6. The fourth-order valence-electron chi connectivity index (χ4n) is 4.91. The van der Waals surface area contributed by atoms with Crippen molar-refractivity contribution in [2.24, 2.45) is 0 Å². The number of pyridine rings is 1. The molecule has 1 aliphatic heterocycles. The van der Waals surface area contributed by atoms with Crippen molar-refractivity contribution >= 4 is 22.9 Å². The third-order valence-electron chi connectivity index (χ3n) is 6.86. The van der Waals surface area contributed by atoms with Crippen LogP contribution >= 0.6 is 0 Å². The lowest BCUT2D eigenvalue weighted by Crippen LogP contribution is -2.39. The average Bonchev–Trinajstić information content (AvgIpc) is 3.41. The van der Waals surface area contributed by atoms with E-state index in [0.29, 0.717) is 36.8 Å². The first-order valence-corrected chi connectivity index (χ1v) is 13.7. The maximum atomic E-state index is 12.7. The number of aromatic nitrogens is 4. The predicted octanol–water partition coefficient (Wildman–Crippen LogP) is 6.72. The average molecular weight is 549 g/mol. The standard InChI is InChI=1S/C32H32N6O3/c1-32(2,3)41-31(39)38-14-12-22-9-10-24(15-23(22)19-38)40-27-11-13-33-30-29(27)25(18-35-30)26-16-28(37-20-36-26)34-17-21-7-5-4-6-8-21/h4-11,13,15-16,18,20H,12,14,17,19H2,1-3H3,(H,33,35)(H,34,36,37). The first kappa shape index (κ1) is 26.3. The number of H-pyrrole nitrogens is 1. The molecule has 9 nitrogen and oxygen atoms in total. The molecular formula is C32H32N6O3. The molecular weight excluding hydrogens is 516 g/mol. The molecule has 9 heteroatoms. The molecule has 1 amide bonds. The molecule has 0 bridgehead atoms. The topological polar surface area (TPSA) is 105 Å². The number of fused-ring (bicyclic) bond motifs is 2. The van der Waals surface area contributed by atoms with Crippen molar-refractivity contribution in [3.8, 4) is 22.8 Å². The SMILES string of the molecule is CC(C)(C)OC(=O)N1CCc2ccc(Oc3ccnc4[nH]cc(-c5cc(NCc6ccccc6)ncn5)c34)cc2C1. The van der Waals surface area contributed by atoms with Crippen molar-refractivity contribution in [3.05, 3.63) is 96.1 Å². The lowest BCUT2D eigenvalue weighted by atomic mass is 10.00. The summed E-state index contributed by atoms with van der Waals surface area (Å²) in [6.45, 7) is 7.39. The van der Waals surface area contributed by atoms with Gasteiger partial charge in [0.2, 0.25) is 0 Å². The summed E-state index contributed by atoms with van der Waals surface area (Å²) in [6.07, 6.45) is 5.63. The normalized spacial score (nSPS) is 13.1. The first-order chi connectivity index (χ1) is 19.8. The quantitative estimate of drug-likeness (QED) is 0.243. The minimum atomic E-state index is -0.536. The van der Waals surface area contributed by atoms with Crippen molar-refractivity contribution in [2.75, 3.05) is 11.9 Å². The van der Waals surface area contributed by atoms with Gasteiger partial charge in [-0.1, -0.05) is 36.4 Å². The van der Waals surface area contributed by atoms with E-state index in [1.165, 1.54) is 11.1 Å². The second-order valence-electron chi connectivity index (χ2n) is 11.0. The number of ether oxygens (including phenoxy) is 2. The van der Waals surface area contributed by atoms with Gasteiger partial charge in [-0.25, -0.2) is 19.7 Å². The number of nitrogens with zero attached hydrogens (tertiary/aromatic N) is 4. The molecule has 0 saturated heterocycles. The lowest BCUT2D eigenvalue weighted by Gasteiger charge is -2.31. The highest BCUT2D eigenvalue weighted by Crippen LogP contribution is 2.37. The Balaban J connectivity index is 1.24. The summed E-state index contributed by atoms with van der Waals surface area (Å²) in [7, 11) is 0. The smallest absolute Gasteiger partial charge is 0.410 e. The second-order valence-corrected chi connectivity index (χ2v) is 11.0. The summed E-state index contributed by atoms with van der Waals surface area (Å²) in [5.74, 6) is 2.06. The highest BCUT2D eigenvalue weighted by molar-refractivity contribution is 5.97. The third kappa shape index (κ3) is 5.99. The zero-order valence-corrected chi connectivity index (χ0v) is 23.3. The van der Waals surface area contributed by atoms with Gasteiger partial charge in [0.05, 0.1) is 11.1 Å². The number of benzene rings is 2. The maximum Gasteiger partial charge on any atom is 0.410 e. The van der Waals surface area contributed by atoms with E-state index in [0.717, 1.165) is 34.4 Å². The molecule has 41 heavy (non-hydrogen) atoms. The Hall–Kier alpha value is -4.92. The monoisotopic (exact) mass is 548 g/mol. The van der Waals surface area contributed by atoms with Crippen LogP contribution in [0.5, 0.6) is 11.5 Å². The van der Waals surface area contributed by atoms with Crippen LogP contribution in [0.25, 0.3) is 22.3 Å². The summed E-state index contributed by atoms with van der Waals surface area (Å²) in [6, 6.07) is 20.0. The van der Waals surface area contributed by atoms with Crippen molar-refractivity contribution in [1.29, 1.82) is 0 Å². The lowest BCUT2D eigenvalue weighted by molar-refractivity contribution is 0.0224. The summed E-state index contributed by atoms with van der Waals surface area (Å²) >= 11 is 0.